The van der Waals surface area contributed by atoms with Crippen molar-refractivity contribution in [2.24, 2.45) is 0 Å². The molecule has 1 aromatic carbocycles. The quantitative estimate of drug-likeness (QED) is 0.890. The predicted octanol–water partition coefficient (Wildman–Crippen LogP) is 2.48. The predicted molar refractivity (Wildman–Crippen MR) is 93.3 cm³/mol. The third kappa shape index (κ3) is 4.08. The van der Waals surface area contributed by atoms with Crippen molar-refractivity contribution in [1.82, 2.24) is 10.6 Å². The van der Waals surface area contributed by atoms with Gasteiger partial charge in [-0.05, 0) is 49.8 Å². The summed E-state index contributed by atoms with van der Waals surface area (Å²) in [4.78, 5) is 12.2. The van der Waals surface area contributed by atoms with Gasteiger partial charge < -0.3 is 20.1 Å². The fraction of sp³-hybridized carbons (Fsp3) is 0.632. The number of benzene rings is 1. The topological polar surface area (TPSA) is 59.6 Å². The summed E-state index contributed by atoms with van der Waals surface area (Å²) in [5, 5.41) is 6.09. The highest BCUT2D eigenvalue weighted by atomic mass is 16.6. The standard InChI is InChI=1S/C19H28N2O3/c1-14-4-3-5-15(2)17(14)6-9-20-18(22)21-16-7-10-24-19(12-16)8-11-23-13-19/h3-5,16H,6-13H2,1-2H3,(H2,20,21,22)/t16-,19+/m0/s1. The molecule has 2 amide bonds. The highest BCUT2D eigenvalue weighted by Gasteiger charge is 2.41. The van der Waals surface area contributed by atoms with Crippen LogP contribution in [0.2, 0.25) is 0 Å². The number of nitrogens with one attached hydrogen (secondary N) is 2. The summed E-state index contributed by atoms with van der Waals surface area (Å²) in [6, 6.07) is 6.39. The lowest BCUT2D eigenvalue weighted by Crippen LogP contribution is -2.51. The van der Waals surface area contributed by atoms with Crippen molar-refractivity contribution in [3.63, 3.8) is 0 Å². The molecule has 0 bridgehead atoms. The number of hydrogen-bond donors (Lipinski definition) is 2. The van der Waals surface area contributed by atoms with Gasteiger partial charge >= 0.3 is 6.03 Å². The van der Waals surface area contributed by atoms with Gasteiger partial charge in [0.25, 0.3) is 0 Å². The maximum Gasteiger partial charge on any atom is 0.315 e. The van der Waals surface area contributed by atoms with Crippen molar-refractivity contribution in [3.8, 4) is 0 Å². The molecule has 2 heterocycles. The minimum Gasteiger partial charge on any atom is -0.378 e. The molecular weight excluding hydrogens is 304 g/mol. The van der Waals surface area contributed by atoms with Gasteiger partial charge in [-0.2, -0.15) is 0 Å². The number of rotatable bonds is 4. The van der Waals surface area contributed by atoms with Crippen LogP contribution in [0.5, 0.6) is 0 Å². The van der Waals surface area contributed by atoms with Gasteiger partial charge in [0.1, 0.15) is 0 Å². The summed E-state index contributed by atoms with van der Waals surface area (Å²) in [6.45, 7) is 6.99. The molecule has 2 saturated heterocycles. The average molecular weight is 332 g/mol. The second-order valence-electron chi connectivity index (χ2n) is 7.04. The van der Waals surface area contributed by atoms with Crippen LogP contribution in [0.3, 0.4) is 0 Å². The third-order valence-electron chi connectivity index (χ3n) is 5.20. The van der Waals surface area contributed by atoms with E-state index < -0.39 is 0 Å². The molecule has 5 nitrogen and oxygen atoms in total. The molecule has 0 saturated carbocycles. The highest BCUT2D eigenvalue weighted by Crippen LogP contribution is 2.32. The Hall–Kier alpha value is -1.59. The zero-order valence-electron chi connectivity index (χ0n) is 14.7. The van der Waals surface area contributed by atoms with E-state index in [1.54, 1.807) is 0 Å². The SMILES string of the molecule is Cc1cccc(C)c1CCNC(=O)N[C@H]1CCO[C@]2(CCOC2)C1. The maximum atomic E-state index is 12.2. The van der Waals surface area contributed by atoms with E-state index in [0.717, 1.165) is 32.3 Å². The Kier molecular flexibility index (Phi) is 5.41. The minimum absolute atomic E-state index is 0.0813. The van der Waals surface area contributed by atoms with Crippen LogP contribution in [-0.2, 0) is 15.9 Å². The zero-order chi connectivity index (χ0) is 17.0. The van der Waals surface area contributed by atoms with Gasteiger partial charge in [-0.1, -0.05) is 18.2 Å². The minimum atomic E-state index is -0.172. The smallest absolute Gasteiger partial charge is 0.315 e. The van der Waals surface area contributed by atoms with Crippen LogP contribution in [0, 0.1) is 13.8 Å². The second kappa shape index (κ2) is 7.53. The maximum absolute atomic E-state index is 12.2. The molecule has 0 aliphatic carbocycles. The molecular formula is C19H28N2O3. The van der Waals surface area contributed by atoms with Crippen molar-refractivity contribution < 1.29 is 14.3 Å². The fourth-order valence-electron chi connectivity index (χ4n) is 3.80. The van der Waals surface area contributed by atoms with E-state index in [0.29, 0.717) is 19.8 Å². The van der Waals surface area contributed by atoms with Crippen molar-refractivity contribution in [2.75, 3.05) is 26.4 Å². The number of amides is 2. The Labute approximate surface area is 144 Å². The van der Waals surface area contributed by atoms with Gasteiger partial charge in [0.2, 0.25) is 0 Å². The monoisotopic (exact) mass is 332 g/mol. The molecule has 2 fully saturated rings. The van der Waals surface area contributed by atoms with E-state index in [2.05, 4.69) is 42.7 Å². The Morgan fingerprint density at radius 2 is 2.08 bits per heavy atom. The number of ether oxygens (including phenoxy) is 2. The molecule has 0 aromatic heterocycles. The van der Waals surface area contributed by atoms with Crippen LogP contribution >= 0.6 is 0 Å². The third-order valence-corrected chi connectivity index (χ3v) is 5.20. The molecule has 132 valence electrons. The molecule has 24 heavy (non-hydrogen) atoms. The van der Waals surface area contributed by atoms with E-state index in [1.165, 1.54) is 16.7 Å². The second-order valence-corrected chi connectivity index (χ2v) is 7.04. The van der Waals surface area contributed by atoms with Crippen LogP contribution in [0.25, 0.3) is 0 Å². The van der Waals surface area contributed by atoms with Crippen molar-refractivity contribution in [2.45, 2.75) is 51.2 Å². The largest absolute Gasteiger partial charge is 0.378 e. The first kappa shape index (κ1) is 17.2. The molecule has 2 aliphatic rings. The number of aryl methyl sites for hydroxylation is 2. The molecule has 5 heteroatoms. The van der Waals surface area contributed by atoms with Gasteiger partial charge in [-0.15, -0.1) is 0 Å². The number of hydrogen-bond acceptors (Lipinski definition) is 3. The molecule has 0 unspecified atom stereocenters. The van der Waals surface area contributed by atoms with Crippen molar-refractivity contribution in [3.05, 3.63) is 34.9 Å². The Morgan fingerprint density at radius 3 is 2.79 bits per heavy atom. The van der Waals surface area contributed by atoms with Crippen LogP contribution in [-0.4, -0.2) is 44.0 Å². The molecule has 1 aromatic rings. The Balaban J connectivity index is 1.44. The summed E-state index contributed by atoms with van der Waals surface area (Å²) in [5.74, 6) is 0. The van der Waals surface area contributed by atoms with Gasteiger partial charge in [0, 0.05) is 32.2 Å². The summed E-state index contributed by atoms with van der Waals surface area (Å²) < 4.78 is 11.4. The van der Waals surface area contributed by atoms with Gasteiger partial charge in [-0.3, -0.25) is 0 Å². The van der Waals surface area contributed by atoms with E-state index in [1.807, 2.05) is 0 Å². The van der Waals surface area contributed by atoms with E-state index in [9.17, 15) is 4.79 Å². The van der Waals surface area contributed by atoms with Crippen LogP contribution < -0.4 is 10.6 Å². The van der Waals surface area contributed by atoms with Crippen molar-refractivity contribution in [1.29, 1.82) is 0 Å². The molecule has 2 N–H and O–H groups in total. The van der Waals surface area contributed by atoms with Gasteiger partial charge in [0.05, 0.1) is 12.2 Å². The molecule has 2 atom stereocenters. The Morgan fingerprint density at radius 1 is 1.29 bits per heavy atom. The average Bonchev–Trinajstić information content (AvgIpc) is 2.98. The van der Waals surface area contributed by atoms with Crippen molar-refractivity contribution >= 4 is 6.03 Å². The van der Waals surface area contributed by atoms with E-state index in [-0.39, 0.29) is 17.7 Å². The first-order valence-electron chi connectivity index (χ1n) is 8.89. The Bertz CT molecular complexity index is 562. The summed E-state index contributed by atoms with van der Waals surface area (Å²) in [7, 11) is 0. The lowest BCUT2D eigenvalue weighted by molar-refractivity contribution is -0.0878. The molecule has 0 radical (unpaired) electrons. The highest BCUT2D eigenvalue weighted by molar-refractivity contribution is 5.74. The van der Waals surface area contributed by atoms with Gasteiger partial charge in [-0.25, -0.2) is 4.79 Å². The number of urea groups is 1. The number of carbonyl (C=O) groups is 1. The molecule has 1 spiro atoms. The lowest BCUT2D eigenvalue weighted by Gasteiger charge is -2.37. The summed E-state index contributed by atoms with van der Waals surface area (Å²) in [6.07, 6.45) is 3.50. The molecule has 3 rings (SSSR count). The normalized spacial score (nSPS) is 26.5. The first-order valence-corrected chi connectivity index (χ1v) is 8.89. The van der Waals surface area contributed by atoms with E-state index >= 15 is 0 Å². The van der Waals surface area contributed by atoms with Crippen LogP contribution in [0.15, 0.2) is 18.2 Å². The number of carbonyl (C=O) groups excluding carboxylic acids is 1. The zero-order valence-corrected chi connectivity index (χ0v) is 14.7. The summed E-state index contributed by atoms with van der Waals surface area (Å²) in [5.41, 5.74) is 3.72. The fourth-order valence-corrected chi connectivity index (χ4v) is 3.80. The summed E-state index contributed by atoms with van der Waals surface area (Å²) >= 11 is 0. The van der Waals surface area contributed by atoms with Gasteiger partial charge in [0.15, 0.2) is 0 Å². The van der Waals surface area contributed by atoms with Crippen LogP contribution in [0.1, 0.15) is 36.0 Å². The lowest BCUT2D eigenvalue weighted by atomic mass is 9.90. The van der Waals surface area contributed by atoms with E-state index in [4.69, 9.17) is 9.47 Å². The molecule has 2 aliphatic heterocycles. The van der Waals surface area contributed by atoms with Crippen LogP contribution in [0.4, 0.5) is 4.79 Å². The first-order chi connectivity index (χ1) is 11.6.